The van der Waals surface area contributed by atoms with Gasteiger partial charge in [-0.25, -0.2) is 13.1 Å². The average molecular weight is 413 g/mol. The standard InChI is InChI=1S/C21H23N3O4S/c1-16-13-17(7-8-21(16)28-19-9-11-27-12-10-19)23-29(25,26)20-14-22-24(15-20)18-5-3-2-4-6-18/h2-8,13-15,19,23H,9-12H2,1H3. The van der Waals surface area contributed by atoms with Crippen molar-refractivity contribution in [2.75, 3.05) is 17.9 Å². The summed E-state index contributed by atoms with van der Waals surface area (Å²) in [5, 5.41) is 4.16. The predicted octanol–water partition coefficient (Wildman–Crippen LogP) is 3.54. The average Bonchev–Trinajstić information content (AvgIpc) is 3.23. The van der Waals surface area contributed by atoms with E-state index < -0.39 is 10.0 Å². The van der Waals surface area contributed by atoms with Crippen LogP contribution in [0.2, 0.25) is 0 Å². The molecule has 4 rings (SSSR count). The topological polar surface area (TPSA) is 82.5 Å². The Morgan fingerprint density at radius 1 is 1.14 bits per heavy atom. The van der Waals surface area contributed by atoms with Gasteiger partial charge in [-0.15, -0.1) is 0 Å². The molecule has 29 heavy (non-hydrogen) atoms. The van der Waals surface area contributed by atoms with Gasteiger partial charge in [0.2, 0.25) is 0 Å². The summed E-state index contributed by atoms with van der Waals surface area (Å²) in [6, 6.07) is 14.6. The van der Waals surface area contributed by atoms with E-state index in [0.717, 1.165) is 29.8 Å². The van der Waals surface area contributed by atoms with E-state index in [1.165, 1.54) is 17.1 Å². The van der Waals surface area contributed by atoms with Crippen molar-refractivity contribution < 1.29 is 17.9 Å². The van der Waals surface area contributed by atoms with Gasteiger partial charge in [-0.3, -0.25) is 4.72 Å². The number of nitrogens with one attached hydrogen (secondary N) is 1. The summed E-state index contributed by atoms with van der Waals surface area (Å²) in [6.45, 7) is 3.32. The molecule has 1 fully saturated rings. The first-order valence-corrected chi connectivity index (χ1v) is 11.0. The summed E-state index contributed by atoms with van der Waals surface area (Å²) in [5.74, 6) is 0.761. The number of para-hydroxylation sites is 1. The third kappa shape index (κ3) is 4.60. The highest BCUT2D eigenvalue weighted by Gasteiger charge is 2.19. The molecule has 2 aromatic carbocycles. The minimum Gasteiger partial charge on any atom is -0.490 e. The van der Waals surface area contributed by atoms with E-state index in [9.17, 15) is 8.42 Å². The van der Waals surface area contributed by atoms with Gasteiger partial charge in [-0.1, -0.05) is 18.2 Å². The highest BCUT2D eigenvalue weighted by Crippen LogP contribution is 2.26. The van der Waals surface area contributed by atoms with Crippen LogP contribution in [0.1, 0.15) is 18.4 Å². The van der Waals surface area contributed by atoms with Crippen LogP contribution in [0.3, 0.4) is 0 Å². The Hall–Kier alpha value is -2.84. The van der Waals surface area contributed by atoms with Gasteiger partial charge in [0.1, 0.15) is 16.7 Å². The van der Waals surface area contributed by atoms with Crippen LogP contribution in [0, 0.1) is 6.92 Å². The maximum atomic E-state index is 12.7. The van der Waals surface area contributed by atoms with Crippen LogP contribution in [0.5, 0.6) is 5.75 Å². The normalized spacial score (nSPS) is 15.2. The van der Waals surface area contributed by atoms with Crippen LogP contribution >= 0.6 is 0 Å². The van der Waals surface area contributed by atoms with Crippen molar-refractivity contribution in [1.82, 2.24) is 9.78 Å². The first kappa shape index (κ1) is 19.5. The smallest absolute Gasteiger partial charge is 0.265 e. The van der Waals surface area contributed by atoms with Gasteiger partial charge in [0.15, 0.2) is 0 Å². The van der Waals surface area contributed by atoms with Crippen molar-refractivity contribution in [3.05, 3.63) is 66.5 Å². The molecule has 1 aliphatic rings. The Balaban J connectivity index is 1.48. The van der Waals surface area contributed by atoms with Crippen molar-refractivity contribution in [3.63, 3.8) is 0 Å². The van der Waals surface area contributed by atoms with Crippen LogP contribution in [-0.2, 0) is 14.8 Å². The van der Waals surface area contributed by atoms with Crippen LogP contribution in [0.25, 0.3) is 5.69 Å². The van der Waals surface area contributed by atoms with E-state index >= 15 is 0 Å². The lowest BCUT2D eigenvalue weighted by Gasteiger charge is -2.24. The summed E-state index contributed by atoms with van der Waals surface area (Å²) in [6.07, 6.45) is 4.69. The second kappa shape index (κ2) is 8.26. The Bertz CT molecular complexity index is 1070. The number of anilines is 1. The summed E-state index contributed by atoms with van der Waals surface area (Å²) in [5.41, 5.74) is 2.14. The Kier molecular flexibility index (Phi) is 5.55. The van der Waals surface area contributed by atoms with Crippen LogP contribution in [0.15, 0.2) is 65.8 Å². The highest BCUT2D eigenvalue weighted by atomic mass is 32.2. The van der Waals surface area contributed by atoms with Crippen molar-refractivity contribution in [3.8, 4) is 11.4 Å². The summed E-state index contributed by atoms with van der Waals surface area (Å²) >= 11 is 0. The van der Waals surface area contributed by atoms with Gasteiger partial charge in [-0.2, -0.15) is 5.10 Å². The molecule has 152 valence electrons. The number of aromatic nitrogens is 2. The third-order valence-corrected chi connectivity index (χ3v) is 6.11. The van der Waals surface area contributed by atoms with Gasteiger partial charge in [-0.05, 0) is 42.8 Å². The summed E-state index contributed by atoms with van der Waals surface area (Å²) in [4.78, 5) is 0.0986. The fourth-order valence-corrected chi connectivity index (χ4v) is 4.18. The maximum Gasteiger partial charge on any atom is 0.265 e. The van der Waals surface area contributed by atoms with Gasteiger partial charge < -0.3 is 9.47 Å². The zero-order chi connectivity index (χ0) is 20.3. The molecule has 0 amide bonds. The van der Waals surface area contributed by atoms with Gasteiger partial charge in [0.05, 0.1) is 31.3 Å². The molecule has 8 heteroatoms. The number of sulfonamides is 1. The monoisotopic (exact) mass is 413 g/mol. The van der Waals surface area contributed by atoms with E-state index in [2.05, 4.69) is 9.82 Å². The number of benzene rings is 2. The second-order valence-corrected chi connectivity index (χ2v) is 8.65. The molecule has 0 saturated carbocycles. The molecule has 1 aromatic heterocycles. The van der Waals surface area contributed by atoms with Gasteiger partial charge in [0.25, 0.3) is 10.0 Å². The third-order valence-electron chi connectivity index (χ3n) is 4.78. The van der Waals surface area contributed by atoms with Gasteiger partial charge >= 0.3 is 0 Å². The SMILES string of the molecule is Cc1cc(NS(=O)(=O)c2cnn(-c3ccccc3)c2)ccc1OC1CCOCC1. The quantitative estimate of drug-likeness (QED) is 0.668. The molecule has 1 saturated heterocycles. The van der Waals surface area contributed by atoms with E-state index in [-0.39, 0.29) is 11.0 Å². The van der Waals surface area contributed by atoms with Gasteiger partial charge in [0, 0.05) is 18.5 Å². The maximum absolute atomic E-state index is 12.7. The van der Waals surface area contributed by atoms with Crippen molar-refractivity contribution >= 4 is 15.7 Å². The number of hydrogen-bond acceptors (Lipinski definition) is 5. The first-order chi connectivity index (χ1) is 14.0. The first-order valence-electron chi connectivity index (χ1n) is 9.49. The number of aryl methyl sites for hydroxylation is 1. The minimum absolute atomic E-state index is 0.0986. The molecule has 1 aliphatic heterocycles. The largest absolute Gasteiger partial charge is 0.490 e. The molecular formula is C21H23N3O4S. The van der Waals surface area contributed by atoms with Crippen LogP contribution < -0.4 is 9.46 Å². The lowest BCUT2D eigenvalue weighted by atomic mass is 10.1. The summed E-state index contributed by atoms with van der Waals surface area (Å²) in [7, 11) is -3.75. The van der Waals surface area contributed by atoms with E-state index in [0.29, 0.717) is 18.9 Å². The molecule has 2 heterocycles. The molecular weight excluding hydrogens is 390 g/mol. The molecule has 1 N–H and O–H groups in total. The van der Waals surface area contributed by atoms with E-state index in [1.54, 1.807) is 18.2 Å². The Labute approximate surface area is 170 Å². The molecule has 0 unspecified atom stereocenters. The lowest BCUT2D eigenvalue weighted by Crippen LogP contribution is -2.26. The second-order valence-electron chi connectivity index (χ2n) is 6.97. The predicted molar refractivity (Wildman–Crippen MR) is 110 cm³/mol. The summed E-state index contributed by atoms with van der Waals surface area (Å²) < 4.78 is 41.0. The molecule has 0 spiro atoms. The molecule has 0 aliphatic carbocycles. The molecule has 3 aromatic rings. The Morgan fingerprint density at radius 3 is 2.62 bits per heavy atom. The van der Waals surface area contributed by atoms with E-state index in [4.69, 9.17) is 9.47 Å². The fraction of sp³-hybridized carbons (Fsp3) is 0.286. The molecule has 0 radical (unpaired) electrons. The lowest BCUT2D eigenvalue weighted by molar-refractivity contribution is 0.0253. The molecule has 0 bridgehead atoms. The van der Waals surface area contributed by atoms with E-state index in [1.807, 2.05) is 37.3 Å². The Morgan fingerprint density at radius 2 is 1.90 bits per heavy atom. The number of rotatable bonds is 6. The van der Waals surface area contributed by atoms with Crippen molar-refractivity contribution in [2.24, 2.45) is 0 Å². The van der Waals surface area contributed by atoms with Crippen molar-refractivity contribution in [2.45, 2.75) is 30.8 Å². The van der Waals surface area contributed by atoms with Crippen LogP contribution in [0.4, 0.5) is 5.69 Å². The number of ether oxygens (including phenoxy) is 2. The number of nitrogens with zero attached hydrogens (tertiary/aromatic N) is 2. The van der Waals surface area contributed by atoms with Crippen molar-refractivity contribution in [1.29, 1.82) is 0 Å². The fourth-order valence-electron chi connectivity index (χ4n) is 3.20. The minimum atomic E-state index is -3.75. The zero-order valence-electron chi connectivity index (χ0n) is 16.1. The molecule has 7 nitrogen and oxygen atoms in total. The zero-order valence-corrected chi connectivity index (χ0v) is 16.9. The van der Waals surface area contributed by atoms with Crippen LogP contribution in [-0.4, -0.2) is 37.5 Å². The molecule has 0 atom stereocenters. The highest BCUT2D eigenvalue weighted by molar-refractivity contribution is 7.92. The number of hydrogen-bond donors (Lipinski definition) is 1.